The molecule has 3 heteroatoms. The van der Waals surface area contributed by atoms with Crippen LogP contribution in [-0.4, -0.2) is 23.3 Å². The zero-order valence-corrected chi connectivity index (χ0v) is 9.85. The molecule has 0 heterocycles. The van der Waals surface area contributed by atoms with Gasteiger partial charge in [0.2, 0.25) is 0 Å². The molecular formula is C10H18BrNO. The summed E-state index contributed by atoms with van der Waals surface area (Å²) in [4.78, 5) is 12.6. The van der Waals surface area contributed by atoms with Crippen molar-refractivity contribution in [3.05, 3.63) is 0 Å². The van der Waals surface area contributed by atoms with Crippen LogP contribution in [0.1, 0.15) is 38.5 Å². The van der Waals surface area contributed by atoms with Gasteiger partial charge in [-0.1, -0.05) is 32.1 Å². The van der Waals surface area contributed by atoms with Crippen molar-refractivity contribution in [1.29, 1.82) is 0 Å². The van der Waals surface area contributed by atoms with Crippen molar-refractivity contribution in [1.82, 2.24) is 4.90 Å². The van der Waals surface area contributed by atoms with Gasteiger partial charge in [0.25, 0.3) is 4.82 Å². The summed E-state index contributed by atoms with van der Waals surface area (Å²) in [6, 6.07) is 0. The largest absolute Gasteiger partial charge is 0.336 e. The first-order valence-corrected chi connectivity index (χ1v) is 5.90. The third-order valence-corrected chi connectivity index (χ3v) is 3.50. The fourth-order valence-corrected chi connectivity index (χ4v) is 2.12. The molecule has 0 bridgehead atoms. The zero-order chi connectivity index (χ0) is 9.68. The van der Waals surface area contributed by atoms with Crippen LogP contribution < -0.4 is 0 Å². The van der Waals surface area contributed by atoms with Gasteiger partial charge in [0.05, 0.1) is 0 Å². The molecule has 0 radical (unpaired) electrons. The first kappa shape index (κ1) is 11.0. The SMILES string of the molecule is CN(CCC1CCCCC1)C(=O)Br. The van der Waals surface area contributed by atoms with Crippen LogP contribution in [0.2, 0.25) is 0 Å². The second kappa shape index (κ2) is 5.63. The predicted octanol–water partition coefficient (Wildman–Crippen LogP) is 3.40. The van der Waals surface area contributed by atoms with Crippen LogP contribution in [0.3, 0.4) is 0 Å². The molecule has 0 N–H and O–H groups in total. The van der Waals surface area contributed by atoms with Gasteiger partial charge in [-0.05, 0) is 12.3 Å². The smallest absolute Gasteiger partial charge is 0.289 e. The summed E-state index contributed by atoms with van der Waals surface area (Å²) < 4.78 is 0. The summed E-state index contributed by atoms with van der Waals surface area (Å²) in [6.45, 7) is 0.898. The van der Waals surface area contributed by atoms with E-state index in [-0.39, 0.29) is 4.82 Å². The lowest BCUT2D eigenvalue weighted by molar-refractivity contribution is 0.227. The second-order valence-corrected chi connectivity index (χ2v) is 4.65. The molecule has 13 heavy (non-hydrogen) atoms. The predicted molar refractivity (Wildman–Crippen MR) is 58.1 cm³/mol. The average Bonchev–Trinajstić information content (AvgIpc) is 2.15. The monoisotopic (exact) mass is 247 g/mol. The van der Waals surface area contributed by atoms with Crippen molar-refractivity contribution >= 4 is 20.7 Å². The van der Waals surface area contributed by atoms with E-state index in [2.05, 4.69) is 15.9 Å². The molecule has 1 fully saturated rings. The third-order valence-electron chi connectivity index (χ3n) is 2.90. The number of hydrogen-bond donors (Lipinski definition) is 0. The minimum absolute atomic E-state index is 0.00306. The van der Waals surface area contributed by atoms with E-state index in [0.29, 0.717) is 0 Å². The first-order chi connectivity index (χ1) is 6.20. The van der Waals surface area contributed by atoms with E-state index in [1.54, 1.807) is 4.90 Å². The molecule has 0 aromatic carbocycles. The summed E-state index contributed by atoms with van der Waals surface area (Å²) in [5.74, 6) is 0.864. The summed E-state index contributed by atoms with van der Waals surface area (Å²) in [5.41, 5.74) is 0. The molecule has 0 aromatic heterocycles. The van der Waals surface area contributed by atoms with Crippen molar-refractivity contribution in [3.63, 3.8) is 0 Å². The van der Waals surface area contributed by atoms with Crippen LogP contribution in [-0.2, 0) is 0 Å². The maximum atomic E-state index is 10.9. The Morgan fingerprint density at radius 3 is 2.54 bits per heavy atom. The van der Waals surface area contributed by atoms with Crippen LogP contribution >= 0.6 is 15.9 Å². The molecule has 1 aliphatic carbocycles. The molecule has 2 nitrogen and oxygen atoms in total. The Bertz CT molecular complexity index is 166. The van der Waals surface area contributed by atoms with Crippen molar-refractivity contribution in [2.45, 2.75) is 38.5 Å². The van der Waals surface area contributed by atoms with Crippen LogP contribution in [0, 0.1) is 5.92 Å². The summed E-state index contributed by atoms with van der Waals surface area (Å²) in [5, 5.41) is 0. The lowest BCUT2D eigenvalue weighted by Crippen LogP contribution is -2.24. The van der Waals surface area contributed by atoms with E-state index in [4.69, 9.17) is 0 Å². The molecule has 76 valence electrons. The minimum Gasteiger partial charge on any atom is -0.336 e. The fraction of sp³-hybridized carbons (Fsp3) is 0.900. The highest BCUT2D eigenvalue weighted by Crippen LogP contribution is 2.26. The molecule has 0 unspecified atom stereocenters. The molecule has 1 aliphatic rings. The number of hydrogen-bond acceptors (Lipinski definition) is 1. The Morgan fingerprint density at radius 2 is 2.00 bits per heavy atom. The van der Waals surface area contributed by atoms with E-state index >= 15 is 0 Å². The average molecular weight is 248 g/mol. The Labute approximate surface area is 88.8 Å². The Hall–Kier alpha value is -0.0500. The lowest BCUT2D eigenvalue weighted by atomic mass is 9.87. The van der Waals surface area contributed by atoms with Gasteiger partial charge in [0.15, 0.2) is 0 Å². The molecular weight excluding hydrogens is 230 g/mol. The number of halogens is 1. The van der Waals surface area contributed by atoms with E-state index in [1.165, 1.54) is 38.5 Å². The topological polar surface area (TPSA) is 20.3 Å². The highest BCUT2D eigenvalue weighted by Gasteiger charge is 2.14. The Kier molecular flexibility index (Phi) is 4.78. The van der Waals surface area contributed by atoms with Crippen molar-refractivity contribution in [3.8, 4) is 0 Å². The Morgan fingerprint density at radius 1 is 1.38 bits per heavy atom. The molecule has 0 aromatic rings. The summed E-state index contributed by atoms with van der Waals surface area (Å²) in [7, 11) is 1.85. The molecule has 0 aliphatic heterocycles. The van der Waals surface area contributed by atoms with Gasteiger partial charge >= 0.3 is 0 Å². The molecule has 0 atom stereocenters. The lowest BCUT2D eigenvalue weighted by Gasteiger charge is -2.23. The minimum atomic E-state index is 0.00306. The molecule has 1 saturated carbocycles. The van der Waals surface area contributed by atoms with Gasteiger partial charge in [0, 0.05) is 29.5 Å². The van der Waals surface area contributed by atoms with Crippen LogP contribution in [0.4, 0.5) is 4.79 Å². The zero-order valence-electron chi connectivity index (χ0n) is 8.26. The maximum Gasteiger partial charge on any atom is 0.289 e. The molecule has 1 amide bonds. The molecule has 1 rings (SSSR count). The molecule has 0 saturated heterocycles. The van der Waals surface area contributed by atoms with Gasteiger partial charge in [-0.25, -0.2) is 0 Å². The van der Waals surface area contributed by atoms with Gasteiger partial charge in [-0.2, -0.15) is 0 Å². The van der Waals surface area contributed by atoms with Crippen molar-refractivity contribution < 1.29 is 4.79 Å². The van der Waals surface area contributed by atoms with Gasteiger partial charge < -0.3 is 4.90 Å². The van der Waals surface area contributed by atoms with Crippen LogP contribution in [0.5, 0.6) is 0 Å². The van der Waals surface area contributed by atoms with E-state index in [9.17, 15) is 4.79 Å². The molecule has 0 spiro atoms. The number of rotatable bonds is 3. The standard InChI is InChI=1S/C10H18BrNO/c1-12(10(11)13)8-7-9-5-3-2-4-6-9/h9H,2-8H2,1H3. The fourth-order valence-electron chi connectivity index (χ4n) is 1.94. The summed E-state index contributed by atoms with van der Waals surface area (Å²) >= 11 is 2.95. The van der Waals surface area contributed by atoms with E-state index in [0.717, 1.165) is 12.5 Å². The summed E-state index contributed by atoms with van der Waals surface area (Å²) in [6.07, 6.45) is 8.08. The van der Waals surface area contributed by atoms with Crippen molar-refractivity contribution in [2.75, 3.05) is 13.6 Å². The quantitative estimate of drug-likeness (QED) is 0.553. The van der Waals surface area contributed by atoms with Gasteiger partial charge in [-0.15, -0.1) is 0 Å². The van der Waals surface area contributed by atoms with Crippen LogP contribution in [0.15, 0.2) is 0 Å². The highest BCUT2D eigenvalue weighted by atomic mass is 79.9. The van der Waals surface area contributed by atoms with Crippen LogP contribution in [0.25, 0.3) is 0 Å². The number of nitrogens with zero attached hydrogens (tertiary/aromatic N) is 1. The Balaban J connectivity index is 2.13. The third kappa shape index (κ3) is 4.12. The number of amides is 1. The number of carbonyl (C=O) groups excluding carboxylic acids is 1. The second-order valence-electron chi connectivity index (χ2n) is 3.97. The van der Waals surface area contributed by atoms with Gasteiger partial charge in [0.1, 0.15) is 0 Å². The van der Waals surface area contributed by atoms with Crippen molar-refractivity contribution in [2.24, 2.45) is 5.92 Å². The van der Waals surface area contributed by atoms with E-state index in [1.807, 2.05) is 7.05 Å². The number of carbonyl (C=O) groups is 1. The van der Waals surface area contributed by atoms with E-state index < -0.39 is 0 Å². The first-order valence-electron chi connectivity index (χ1n) is 5.10. The van der Waals surface area contributed by atoms with Gasteiger partial charge in [-0.3, -0.25) is 4.79 Å². The highest BCUT2D eigenvalue weighted by molar-refractivity contribution is 9.18. The maximum absolute atomic E-state index is 10.9. The normalized spacial score (nSPS) is 18.6.